The molecule has 1 aromatic heterocycles. The molecule has 0 amide bonds. The van der Waals surface area contributed by atoms with Crippen LogP contribution in [0.2, 0.25) is 0 Å². The summed E-state index contributed by atoms with van der Waals surface area (Å²) in [6.45, 7) is 0. The van der Waals surface area contributed by atoms with Crippen LogP contribution in [0.15, 0.2) is 29.3 Å². The third-order valence-corrected chi connectivity index (χ3v) is 2.25. The Morgan fingerprint density at radius 3 is 2.82 bits per heavy atom. The fourth-order valence-electron chi connectivity index (χ4n) is 1.44. The van der Waals surface area contributed by atoms with Crippen LogP contribution in [-0.4, -0.2) is 33.0 Å². The van der Waals surface area contributed by atoms with Crippen molar-refractivity contribution < 1.29 is 14.6 Å². The maximum atomic E-state index is 11.3. The first-order valence-corrected chi connectivity index (χ1v) is 4.67. The Hall–Kier alpha value is -2.57. The van der Waals surface area contributed by atoms with Crippen molar-refractivity contribution in [2.75, 3.05) is 7.11 Å². The predicted octanol–water partition coefficient (Wildman–Crippen LogP) is 0.267. The number of nitrogens with zero attached hydrogens (tertiary/aromatic N) is 2. The second-order valence-corrected chi connectivity index (χ2v) is 3.22. The summed E-state index contributed by atoms with van der Waals surface area (Å²) in [7, 11) is 1.36. The summed E-state index contributed by atoms with van der Waals surface area (Å²) in [6.07, 6.45) is 1.30. The van der Waals surface area contributed by atoms with Gasteiger partial charge in [-0.05, 0) is 12.1 Å². The Kier molecular flexibility index (Phi) is 2.65. The molecule has 0 atom stereocenters. The van der Waals surface area contributed by atoms with Crippen LogP contribution in [0.5, 0.6) is 5.75 Å². The summed E-state index contributed by atoms with van der Waals surface area (Å²) >= 11 is 0. The summed E-state index contributed by atoms with van der Waals surface area (Å²) in [5.74, 6) is -0.906. The van der Waals surface area contributed by atoms with Gasteiger partial charge in [0.2, 0.25) is 0 Å². The minimum Gasteiger partial charge on any atom is -0.496 e. The Labute approximate surface area is 95.3 Å². The van der Waals surface area contributed by atoms with Gasteiger partial charge in [0.05, 0.1) is 12.8 Å². The van der Waals surface area contributed by atoms with Crippen molar-refractivity contribution in [3.05, 3.63) is 40.6 Å². The number of carboxylic acids is 1. The number of hydrogen-bond acceptors (Lipinski definition) is 4. The lowest BCUT2D eigenvalue weighted by Gasteiger charge is -2.07. The molecular formula is C10H9N3O4. The molecule has 1 heterocycles. The fourth-order valence-corrected chi connectivity index (χ4v) is 1.44. The number of rotatable bonds is 3. The summed E-state index contributed by atoms with van der Waals surface area (Å²) in [5.41, 5.74) is 0.105. The van der Waals surface area contributed by atoms with Crippen molar-refractivity contribution in [3.8, 4) is 11.4 Å². The average molecular weight is 235 g/mol. The molecule has 0 spiro atoms. The Morgan fingerprint density at radius 1 is 1.53 bits per heavy atom. The van der Waals surface area contributed by atoms with Crippen LogP contribution in [0.1, 0.15) is 10.4 Å². The van der Waals surface area contributed by atoms with E-state index < -0.39 is 11.7 Å². The van der Waals surface area contributed by atoms with E-state index in [2.05, 4.69) is 10.2 Å². The average Bonchev–Trinajstić information content (AvgIpc) is 2.74. The molecule has 7 heteroatoms. The molecule has 0 fully saturated rings. The van der Waals surface area contributed by atoms with Crippen molar-refractivity contribution in [3.63, 3.8) is 0 Å². The summed E-state index contributed by atoms with van der Waals surface area (Å²) in [6, 6.07) is 4.33. The smallest absolute Gasteiger partial charge is 0.347 e. The van der Waals surface area contributed by atoms with Crippen molar-refractivity contribution >= 4 is 5.97 Å². The lowest BCUT2D eigenvalue weighted by Crippen LogP contribution is -2.14. The van der Waals surface area contributed by atoms with E-state index in [1.165, 1.54) is 36.2 Å². The normalized spacial score (nSPS) is 10.2. The summed E-state index contributed by atoms with van der Waals surface area (Å²) in [4.78, 5) is 22.2. The maximum absolute atomic E-state index is 11.3. The van der Waals surface area contributed by atoms with Crippen molar-refractivity contribution in [2.45, 2.75) is 0 Å². The standard InChI is InChI=1S/C10H9N3O4/c1-17-8-4-6(2-3-7(8)9(14)15)13-5-11-12-10(13)16/h2-5H,1H3,(H,12,16)(H,14,15). The van der Waals surface area contributed by atoms with Crippen molar-refractivity contribution in [2.24, 2.45) is 0 Å². The van der Waals surface area contributed by atoms with E-state index in [0.717, 1.165) is 0 Å². The zero-order valence-electron chi connectivity index (χ0n) is 8.88. The van der Waals surface area contributed by atoms with Crippen LogP contribution in [0.3, 0.4) is 0 Å². The highest BCUT2D eigenvalue weighted by molar-refractivity contribution is 5.91. The number of carbonyl (C=O) groups is 1. The number of aromatic carboxylic acids is 1. The van der Waals surface area contributed by atoms with Gasteiger partial charge in [0, 0.05) is 6.07 Å². The quantitative estimate of drug-likeness (QED) is 0.795. The molecule has 0 aliphatic rings. The van der Waals surface area contributed by atoms with Gasteiger partial charge < -0.3 is 9.84 Å². The van der Waals surface area contributed by atoms with Crippen LogP contribution >= 0.6 is 0 Å². The van der Waals surface area contributed by atoms with Crippen LogP contribution < -0.4 is 10.4 Å². The van der Waals surface area contributed by atoms with Gasteiger partial charge in [-0.2, -0.15) is 5.10 Å². The van der Waals surface area contributed by atoms with Gasteiger partial charge in [-0.3, -0.25) is 0 Å². The third-order valence-electron chi connectivity index (χ3n) is 2.25. The van der Waals surface area contributed by atoms with E-state index in [0.29, 0.717) is 5.69 Å². The van der Waals surface area contributed by atoms with Crippen LogP contribution in [0, 0.1) is 0 Å². The number of benzene rings is 1. The molecule has 2 aromatic rings. The van der Waals surface area contributed by atoms with E-state index in [1.54, 1.807) is 0 Å². The van der Waals surface area contributed by atoms with E-state index in [9.17, 15) is 9.59 Å². The minimum absolute atomic E-state index is 0.0350. The second kappa shape index (κ2) is 4.12. The molecule has 0 radical (unpaired) electrons. The molecule has 0 saturated carbocycles. The zero-order chi connectivity index (χ0) is 12.4. The monoisotopic (exact) mass is 235 g/mol. The molecule has 0 bridgehead atoms. The lowest BCUT2D eigenvalue weighted by atomic mass is 10.2. The molecule has 88 valence electrons. The topological polar surface area (TPSA) is 97.2 Å². The number of H-pyrrole nitrogens is 1. The first kappa shape index (κ1) is 10.9. The molecule has 0 aliphatic carbocycles. The van der Waals surface area contributed by atoms with Gasteiger partial charge in [0.1, 0.15) is 17.6 Å². The third kappa shape index (κ3) is 1.89. The first-order valence-electron chi connectivity index (χ1n) is 4.67. The fraction of sp³-hybridized carbons (Fsp3) is 0.100. The number of nitrogens with one attached hydrogen (secondary N) is 1. The zero-order valence-corrected chi connectivity index (χ0v) is 8.88. The SMILES string of the molecule is COc1cc(-n2cn[nH]c2=O)ccc1C(=O)O. The molecule has 0 aliphatic heterocycles. The van der Waals surface area contributed by atoms with Gasteiger partial charge in [0.15, 0.2) is 0 Å². The highest BCUT2D eigenvalue weighted by Crippen LogP contribution is 2.21. The van der Waals surface area contributed by atoms with Crippen LogP contribution in [-0.2, 0) is 0 Å². The molecule has 1 aromatic carbocycles. The molecule has 0 unspecified atom stereocenters. The van der Waals surface area contributed by atoms with E-state index in [-0.39, 0.29) is 11.3 Å². The van der Waals surface area contributed by atoms with Gasteiger partial charge in [-0.1, -0.05) is 0 Å². The van der Waals surface area contributed by atoms with E-state index >= 15 is 0 Å². The van der Waals surface area contributed by atoms with Crippen molar-refractivity contribution in [1.82, 2.24) is 14.8 Å². The molecule has 7 nitrogen and oxygen atoms in total. The molecule has 17 heavy (non-hydrogen) atoms. The van der Waals surface area contributed by atoms with Gasteiger partial charge in [-0.25, -0.2) is 19.3 Å². The largest absolute Gasteiger partial charge is 0.496 e. The molecule has 0 saturated heterocycles. The number of aromatic amines is 1. The lowest BCUT2D eigenvalue weighted by molar-refractivity contribution is 0.0693. The Balaban J connectivity index is 2.56. The Morgan fingerprint density at radius 2 is 2.29 bits per heavy atom. The molecular weight excluding hydrogens is 226 g/mol. The van der Waals surface area contributed by atoms with E-state index in [4.69, 9.17) is 9.84 Å². The number of methoxy groups -OCH3 is 1. The number of aromatic nitrogens is 3. The Bertz CT molecular complexity index is 614. The first-order chi connectivity index (χ1) is 8.13. The summed E-state index contributed by atoms with van der Waals surface area (Å²) in [5, 5.41) is 14.7. The van der Waals surface area contributed by atoms with E-state index in [1.807, 2.05) is 0 Å². The van der Waals surface area contributed by atoms with Gasteiger partial charge in [0.25, 0.3) is 0 Å². The van der Waals surface area contributed by atoms with Crippen LogP contribution in [0.4, 0.5) is 0 Å². The van der Waals surface area contributed by atoms with Crippen molar-refractivity contribution in [1.29, 1.82) is 0 Å². The predicted molar refractivity (Wildman–Crippen MR) is 57.7 cm³/mol. The second-order valence-electron chi connectivity index (χ2n) is 3.22. The van der Waals surface area contributed by atoms with Crippen LogP contribution in [0.25, 0.3) is 5.69 Å². The minimum atomic E-state index is -1.09. The number of ether oxygens (including phenoxy) is 1. The van der Waals surface area contributed by atoms with Gasteiger partial charge >= 0.3 is 11.7 Å². The summed E-state index contributed by atoms with van der Waals surface area (Å²) < 4.78 is 6.20. The molecule has 2 rings (SSSR count). The highest BCUT2D eigenvalue weighted by atomic mass is 16.5. The number of carboxylic acid groups (broad SMARTS) is 1. The van der Waals surface area contributed by atoms with Gasteiger partial charge in [-0.15, -0.1) is 0 Å². The maximum Gasteiger partial charge on any atom is 0.347 e. The highest BCUT2D eigenvalue weighted by Gasteiger charge is 2.12. The molecule has 2 N–H and O–H groups in total. The number of hydrogen-bond donors (Lipinski definition) is 2.